The van der Waals surface area contributed by atoms with Gasteiger partial charge in [-0.05, 0) is 62.6 Å². The molecule has 0 atom stereocenters. The van der Waals surface area contributed by atoms with Gasteiger partial charge in [0.15, 0.2) is 15.7 Å². The topological polar surface area (TPSA) is 108 Å². The van der Waals surface area contributed by atoms with Gasteiger partial charge in [-0.25, -0.2) is 18.2 Å². The summed E-state index contributed by atoms with van der Waals surface area (Å²) >= 11 is 0. The maximum Gasteiger partial charge on any atom is 0.417 e. The molecular formula is C26H32F3N5O4S. The Hall–Kier alpha value is -2.83. The van der Waals surface area contributed by atoms with E-state index in [0.29, 0.717) is 37.8 Å². The zero-order valence-electron chi connectivity index (χ0n) is 21.7. The van der Waals surface area contributed by atoms with Crippen LogP contribution in [0.3, 0.4) is 0 Å². The predicted molar refractivity (Wildman–Crippen MR) is 134 cm³/mol. The summed E-state index contributed by atoms with van der Waals surface area (Å²) in [5.74, 6) is 2.93. The number of benzene rings is 1. The Morgan fingerprint density at radius 1 is 1.10 bits per heavy atom. The zero-order chi connectivity index (χ0) is 27.6. The quantitative estimate of drug-likeness (QED) is 0.561. The Balaban J connectivity index is 0.948. The van der Waals surface area contributed by atoms with E-state index in [4.69, 9.17) is 4.74 Å². The van der Waals surface area contributed by atoms with Crippen LogP contribution in [-0.4, -0.2) is 78.5 Å². The van der Waals surface area contributed by atoms with E-state index in [-0.39, 0.29) is 29.7 Å². The minimum atomic E-state index is -4.81. The predicted octanol–water partition coefficient (Wildman–Crippen LogP) is 4.19. The highest BCUT2D eigenvalue weighted by atomic mass is 32.2. The lowest BCUT2D eigenvalue weighted by Gasteiger charge is -2.59. The van der Waals surface area contributed by atoms with Gasteiger partial charge in [-0.1, -0.05) is 0 Å². The van der Waals surface area contributed by atoms with Crippen molar-refractivity contribution in [2.45, 2.75) is 61.4 Å². The lowest BCUT2D eigenvalue weighted by molar-refractivity contribution is -0.140. The molecule has 0 bridgehead atoms. The second kappa shape index (κ2) is 9.38. The fourth-order valence-corrected chi connectivity index (χ4v) is 7.07. The van der Waals surface area contributed by atoms with Gasteiger partial charge < -0.3 is 14.5 Å². The number of carbonyl (C=O) groups is 1. The van der Waals surface area contributed by atoms with Crippen molar-refractivity contribution in [1.29, 1.82) is 0 Å². The van der Waals surface area contributed by atoms with Crippen LogP contribution in [0.25, 0.3) is 0 Å². The Bertz CT molecular complexity index is 1350. The number of ether oxygens (including phenoxy) is 1. The van der Waals surface area contributed by atoms with Gasteiger partial charge in [-0.3, -0.25) is 5.10 Å². The number of nitrogens with one attached hydrogen (secondary N) is 1. The molecule has 2 saturated heterocycles. The van der Waals surface area contributed by atoms with Crippen molar-refractivity contribution < 1.29 is 31.1 Å². The number of piperidine rings is 1. The molecule has 2 amide bonds. The minimum absolute atomic E-state index is 0.0216. The highest BCUT2D eigenvalue weighted by Gasteiger charge is 2.55. The molecule has 3 heterocycles. The average molecular weight is 568 g/mol. The van der Waals surface area contributed by atoms with Crippen LogP contribution in [0, 0.1) is 11.3 Å². The third kappa shape index (κ3) is 5.33. The lowest BCUT2D eigenvalue weighted by atomic mass is 9.57. The summed E-state index contributed by atoms with van der Waals surface area (Å²) < 4.78 is 69.3. The van der Waals surface area contributed by atoms with Crippen molar-refractivity contribution in [3.8, 4) is 5.75 Å². The normalized spacial score (nSPS) is 22.1. The fourth-order valence-electron chi connectivity index (χ4n) is 6.18. The van der Waals surface area contributed by atoms with Crippen molar-refractivity contribution in [3.05, 3.63) is 35.4 Å². The van der Waals surface area contributed by atoms with Crippen LogP contribution in [-0.2, 0) is 16.0 Å². The van der Waals surface area contributed by atoms with Crippen molar-refractivity contribution in [1.82, 2.24) is 25.0 Å². The van der Waals surface area contributed by atoms with Crippen molar-refractivity contribution in [2.75, 3.05) is 39.0 Å². The molecule has 0 radical (unpaired) electrons. The Morgan fingerprint density at radius 3 is 2.41 bits per heavy atom. The van der Waals surface area contributed by atoms with Gasteiger partial charge in [0.25, 0.3) is 0 Å². The molecule has 4 aliphatic rings. The molecule has 1 aromatic heterocycles. The molecule has 6 rings (SSSR count). The molecule has 212 valence electrons. The number of halogens is 3. The van der Waals surface area contributed by atoms with Gasteiger partial charge in [0, 0.05) is 49.7 Å². The molecule has 2 aromatic rings. The minimum Gasteiger partial charge on any atom is -0.493 e. The molecule has 2 aliphatic carbocycles. The number of rotatable bonds is 6. The first-order valence-corrected chi connectivity index (χ1v) is 15.3. The molecule has 13 heteroatoms. The Kier molecular flexibility index (Phi) is 6.35. The third-order valence-electron chi connectivity index (χ3n) is 8.56. The van der Waals surface area contributed by atoms with E-state index < -0.39 is 26.5 Å². The van der Waals surface area contributed by atoms with Crippen LogP contribution < -0.4 is 4.74 Å². The fraction of sp³-hybridized carbons (Fsp3) is 0.654. The maximum atomic E-state index is 13.4. The molecule has 0 unspecified atom stereocenters. The van der Waals surface area contributed by atoms with Crippen LogP contribution in [0.2, 0.25) is 0 Å². The third-order valence-corrected chi connectivity index (χ3v) is 9.71. The van der Waals surface area contributed by atoms with Crippen molar-refractivity contribution in [2.24, 2.45) is 11.3 Å². The van der Waals surface area contributed by atoms with Gasteiger partial charge in [0.05, 0.1) is 17.1 Å². The number of H-pyrrole nitrogens is 1. The Labute approximate surface area is 225 Å². The number of hydrogen-bond donors (Lipinski definition) is 1. The monoisotopic (exact) mass is 567 g/mol. The summed E-state index contributed by atoms with van der Waals surface area (Å²) in [6, 6.07) is 2.98. The Morgan fingerprint density at radius 2 is 1.79 bits per heavy atom. The summed E-state index contributed by atoms with van der Waals surface area (Å²) in [4.78, 5) is 20.7. The SMILES string of the molecule is CS(=O)(=O)c1ccc(OCC2CCN(C(=O)N3CC4(CC(c5n[nH]c(C6CC6)n5)C4)C3)CC2)cc1C(F)(F)F. The van der Waals surface area contributed by atoms with Gasteiger partial charge in [-0.15, -0.1) is 0 Å². The van der Waals surface area contributed by atoms with Gasteiger partial charge >= 0.3 is 12.2 Å². The van der Waals surface area contributed by atoms with Gasteiger partial charge in [-0.2, -0.15) is 18.3 Å². The largest absolute Gasteiger partial charge is 0.493 e. The van der Waals surface area contributed by atoms with Crippen molar-refractivity contribution in [3.63, 3.8) is 0 Å². The van der Waals surface area contributed by atoms with Crippen LogP contribution >= 0.6 is 0 Å². The molecule has 2 saturated carbocycles. The summed E-state index contributed by atoms with van der Waals surface area (Å²) in [5, 5.41) is 7.49. The number of likely N-dealkylation sites (tertiary alicyclic amines) is 2. The number of urea groups is 1. The molecular weight excluding hydrogens is 535 g/mol. The molecule has 4 fully saturated rings. The number of nitrogens with zero attached hydrogens (tertiary/aromatic N) is 4. The van der Waals surface area contributed by atoms with E-state index in [0.717, 1.165) is 56.0 Å². The van der Waals surface area contributed by atoms with E-state index in [2.05, 4.69) is 15.2 Å². The number of hydrogen-bond acceptors (Lipinski definition) is 6. The van der Waals surface area contributed by atoms with Crippen LogP contribution in [0.4, 0.5) is 18.0 Å². The summed E-state index contributed by atoms with van der Waals surface area (Å²) in [5.41, 5.74) is -1.04. The number of sulfone groups is 1. The first kappa shape index (κ1) is 26.4. The van der Waals surface area contributed by atoms with Crippen molar-refractivity contribution >= 4 is 15.9 Å². The highest BCUT2D eigenvalue weighted by Crippen LogP contribution is 2.55. The second-order valence-corrected chi connectivity index (χ2v) is 13.8. The molecule has 39 heavy (non-hydrogen) atoms. The number of amides is 2. The van der Waals surface area contributed by atoms with Crippen LogP contribution in [0.1, 0.15) is 67.6 Å². The molecule has 2 aliphatic heterocycles. The molecule has 1 aromatic carbocycles. The summed E-state index contributed by atoms with van der Waals surface area (Å²) in [7, 11) is -4.03. The maximum absolute atomic E-state index is 13.4. The number of aromatic nitrogens is 3. The average Bonchev–Trinajstić information content (AvgIpc) is 3.57. The standard InChI is InChI=1S/C26H32F3N5O4S/c1-39(36,37)21-5-4-19(10-20(21)26(27,28)29)38-13-16-6-8-33(9-7-16)24(35)34-14-25(15-34)11-18(12-25)23-30-22(31-32-23)17-2-3-17/h4-5,10,16-18H,2-3,6-9,11-15H2,1H3,(H,30,31,32). The van der Waals surface area contributed by atoms with E-state index in [1.165, 1.54) is 18.9 Å². The van der Waals surface area contributed by atoms with Crippen LogP contribution in [0.5, 0.6) is 5.75 Å². The number of carbonyl (C=O) groups excluding carboxylic acids is 1. The zero-order valence-corrected chi connectivity index (χ0v) is 22.5. The van der Waals surface area contributed by atoms with Gasteiger partial charge in [0.1, 0.15) is 11.6 Å². The van der Waals surface area contributed by atoms with E-state index >= 15 is 0 Å². The summed E-state index contributed by atoms with van der Waals surface area (Å²) in [6.07, 6.45) is 1.72. The first-order chi connectivity index (χ1) is 18.4. The smallest absolute Gasteiger partial charge is 0.417 e. The van der Waals surface area contributed by atoms with E-state index in [1.54, 1.807) is 0 Å². The summed E-state index contributed by atoms with van der Waals surface area (Å²) in [6.45, 7) is 2.86. The molecule has 1 spiro atoms. The highest BCUT2D eigenvalue weighted by molar-refractivity contribution is 7.90. The van der Waals surface area contributed by atoms with E-state index in [9.17, 15) is 26.4 Å². The molecule has 1 N–H and O–H groups in total. The van der Waals surface area contributed by atoms with Crippen LogP contribution in [0.15, 0.2) is 23.1 Å². The molecule has 9 nitrogen and oxygen atoms in total. The number of aromatic amines is 1. The first-order valence-electron chi connectivity index (χ1n) is 13.4. The second-order valence-electron chi connectivity index (χ2n) is 11.8. The number of alkyl halides is 3. The van der Waals surface area contributed by atoms with Gasteiger partial charge in [0.2, 0.25) is 0 Å². The van der Waals surface area contributed by atoms with E-state index in [1.807, 2.05) is 9.80 Å². The lowest BCUT2D eigenvalue weighted by Crippen LogP contribution is -2.65.